The van der Waals surface area contributed by atoms with Crippen molar-refractivity contribution in [2.75, 3.05) is 20.8 Å². The quantitative estimate of drug-likeness (QED) is 0.755. The van der Waals surface area contributed by atoms with Crippen LogP contribution in [0.15, 0.2) is 18.2 Å². The maximum absolute atomic E-state index is 6.27. The Morgan fingerprint density at radius 3 is 2.71 bits per heavy atom. The molecular weight excluding hydrogens is 376 g/mol. The van der Waals surface area contributed by atoms with E-state index in [2.05, 4.69) is 45.8 Å². The molecule has 1 fully saturated rings. The normalized spacial score (nSPS) is 23.7. The minimum absolute atomic E-state index is 0.142. The van der Waals surface area contributed by atoms with Gasteiger partial charge in [-0.05, 0) is 63.4 Å². The summed E-state index contributed by atoms with van der Waals surface area (Å²) in [6, 6.07) is 6.13. The maximum Gasteiger partial charge on any atom is 0.151 e. The van der Waals surface area contributed by atoms with Crippen LogP contribution in [0.5, 0.6) is 0 Å². The SMILES string of the molecule is COC[C@H](C)O[C@H]1CC[C@H](c2nnc3n2-c2ccc(Cl)cc2CN(C)C3)CC1. The van der Waals surface area contributed by atoms with Gasteiger partial charge in [0.2, 0.25) is 0 Å². The number of hydrogen-bond donors (Lipinski definition) is 0. The van der Waals surface area contributed by atoms with Gasteiger partial charge in [0, 0.05) is 24.6 Å². The highest BCUT2D eigenvalue weighted by Crippen LogP contribution is 2.36. The first-order valence-corrected chi connectivity index (χ1v) is 10.5. The standard InChI is InChI=1S/C21H29ClN4O2/c1-14(13-27-3)28-18-7-4-15(5-8-18)21-24-23-20-12-25(2)11-16-10-17(22)6-9-19(16)26(20)21/h6,9-10,14-15,18H,4-5,7-8,11-13H2,1-3H3/t14-,15-,18-/m0/s1. The predicted octanol–water partition coefficient (Wildman–Crippen LogP) is 3.94. The molecule has 28 heavy (non-hydrogen) atoms. The lowest BCUT2D eigenvalue weighted by atomic mass is 9.86. The lowest BCUT2D eigenvalue weighted by Crippen LogP contribution is -2.28. The molecule has 6 nitrogen and oxygen atoms in total. The Kier molecular flexibility index (Phi) is 6.01. The third-order valence-electron chi connectivity index (χ3n) is 5.75. The van der Waals surface area contributed by atoms with E-state index in [1.54, 1.807) is 7.11 Å². The minimum atomic E-state index is 0.142. The average Bonchev–Trinajstić information content (AvgIpc) is 3.00. The first kappa shape index (κ1) is 19.8. The van der Waals surface area contributed by atoms with Crippen molar-refractivity contribution in [3.63, 3.8) is 0 Å². The number of ether oxygens (including phenoxy) is 2. The van der Waals surface area contributed by atoms with Gasteiger partial charge in [0.25, 0.3) is 0 Å². The Morgan fingerprint density at radius 2 is 1.96 bits per heavy atom. The van der Waals surface area contributed by atoms with Crippen molar-refractivity contribution >= 4 is 11.6 Å². The van der Waals surface area contributed by atoms with Gasteiger partial charge in [0.05, 0.1) is 31.0 Å². The monoisotopic (exact) mass is 404 g/mol. The lowest BCUT2D eigenvalue weighted by molar-refractivity contribution is -0.0538. The third kappa shape index (κ3) is 4.10. The molecule has 152 valence electrons. The van der Waals surface area contributed by atoms with Gasteiger partial charge >= 0.3 is 0 Å². The van der Waals surface area contributed by atoms with E-state index in [9.17, 15) is 0 Å². The van der Waals surface area contributed by atoms with E-state index in [-0.39, 0.29) is 6.10 Å². The number of aromatic nitrogens is 3. The van der Waals surface area contributed by atoms with Crippen molar-refractivity contribution < 1.29 is 9.47 Å². The molecule has 1 aliphatic heterocycles. The minimum Gasteiger partial charge on any atom is -0.382 e. The van der Waals surface area contributed by atoms with E-state index >= 15 is 0 Å². The van der Waals surface area contributed by atoms with Crippen LogP contribution < -0.4 is 0 Å². The van der Waals surface area contributed by atoms with E-state index in [0.717, 1.165) is 61.1 Å². The summed E-state index contributed by atoms with van der Waals surface area (Å²) in [6.45, 7) is 4.36. The third-order valence-corrected chi connectivity index (χ3v) is 5.99. The van der Waals surface area contributed by atoms with Crippen molar-refractivity contribution in [1.82, 2.24) is 19.7 Å². The molecule has 4 rings (SSSR count). The second-order valence-electron chi connectivity index (χ2n) is 8.13. The molecule has 1 aliphatic carbocycles. The van der Waals surface area contributed by atoms with Crippen LogP contribution in [0.1, 0.15) is 55.7 Å². The number of fused-ring (bicyclic) bond motifs is 3. The summed E-state index contributed by atoms with van der Waals surface area (Å²) in [5.41, 5.74) is 2.39. The molecule has 0 bridgehead atoms. The molecule has 0 amide bonds. The summed E-state index contributed by atoms with van der Waals surface area (Å²) < 4.78 is 13.6. The van der Waals surface area contributed by atoms with Crippen LogP contribution in [0, 0.1) is 0 Å². The molecule has 2 heterocycles. The molecule has 0 spiro atoms. The first-order chi connectivity index (χ1) is 13.5. The van der Waals surface area contributed by atoms with Crippen molar-refractivity contribution in [3.05, 3.63) is 40.4 Å². The average molecular weight is 405 g/mol. The van der Waals surface area contributed by atoms with Crippen molar-refractivity contribution in [1.29, 1.82) is 0 Å². The van der Waals surface area contributed by atoms with Crippen LogP contribution in [-0.2, 0) is 22.6 Å². The Labute approximate surface area is 171 Å². The number of nitrogens with zero attached hydrogens (tertiary/aromatic N) is 4. The molecular formula is C21H29ClN4O2. The second kappa shape index (κ2) is 8.49. The number of benzene rings is 1. The lowest BCUT2D eigenvalue weighted by Gasteiger charge is -2.30. The predicted molar refractivity (Wildman–Crippen MR) is 109 cm³/mol. The summed E-state index contributed by atoms with van der Waals surface area (Å²) >= 11 is 6.27. The van der Waals surface area contributed by atoms with Crippen LogP contribution in [0.2, 0.25) is 5.02 Å². The Morgan fingerprint density at radius 1 is 1.18 bits per heavy atom. The van der Waals surface area contributed by atoms with Crippen LogP contribution in [-0.4, -0.2) is 52.6 Å². The zero-order chi connectivity index (χ0) is 19.7. The van der Waals surface area contributed by atoms with E-state index in [1.807, 2.05) is 6.07 Å². The van der Waals surface area contributed by atoms with E-state index < -0.39 is 0 Å². The molecule has 1 aromatic carbocycles. The van der Waals surface area contributed by atoms with Gasteiger partial charge in [-0.25, -0.2) is 0 Å². The van der Waals surface area contributed by atoms with Crippen LogP contribution in [0.25, 0.3) is 5.69 Å². The number of rotatable bonds is 5. The molecule has 1 atom stereocenters. The molecule has 0 unspecified atom stereocenters. The topological polar surface area (TPSA) is 52.4 Å². The molecule has 0 N–H and O–H groups in total. The Bertz CT molecular complexity index is 817. The Hall–Kier alpha value is -1.47. The summed E-state index contributed by atoms with van der Waals surface area (Å²) in [7, 11) is 3.83. The van der Waals surface area contributed by atoms with Gasteiger partial charge in [-0.1, -0.05) is 11.6 Å². The fourth-order valence-electron chi connectivity index (χ4n) is 4.51. The summed E-state index contributed by atoms with van der Waals surface area (Å²) in [4.78, 5) is 2.26. The molecule has 1 saturated carbocycles. The summed E-state index contributed by atoms with van der Waals surface area (Å²) in [5, 5.41) is 9.94. The molecule has 0 saturated heterocycles. The van der Waals surface area contributed by atoms with E-state index in [1.165, 1.54) is 5.56 Å². The van der Waals surface area contributed by atoms with E-state index in [4.69, 9.17) is 21.1 Å². The Balaban J connectivity index is 1.55. The van der Waals surface area contributed by atoms with Gasteiger partial charge in [0.1, 0.15) is 5.82 Å². The second-order valence-corrected chi connectivity index (χ2v) is 8.57. The van der Waals surface area contributed by atoms with Gasteiger partial charge in [-0.15, -0.1) is 10.2 Å². The molecule has 2 aromatic rings. The smallest absolute Gasteiger partial charge is 0.151 e. The zero-order valence-electron chi connectivity index (χ0n) is 16.9. The largest absolute Gasteiger partial charge is 0.382 e. The van der Waals surface area contributed by atoms with Crippen LogP contribution >= 0.6 is 11.6 Å². The number of halogens is 1. The number of hydrogen-bond acceptors (Lipinski definition) is 5. The fourth-order valence-corrected chi connectivity index (χ4v) is 4.70. The zero-order valence-corrected chi connectivity index (χ0v) is 17.7. The van der Waals surface area contributed by atoms with Crippen molar-refractivity contribution in [3.8, 4) is 5.69 Å². The molecule has 7 heteroatoms. The van der Waals surface area contributed by atoms with Gasteiger partial charge in [0.15, 0.2) is 5.82 Å². The first-order valence-electron chi connectivity index (χ1n) is 10.1. The highest BCUT2D eigenvalue weighted by molar-refractivity contribution is 6.30. The van der Waals surface area contributed by atoms with Crippen molar-refractivity contribution in [2.24, 2.45) is 0 Å². The highest BCUT2D eigenvalue weighted by Gasteiger charge is 2.30. The van der Waals surface area contributed by atoms with Crippen LogP contribution in [0.4, 0.5) is 0 Å². The molecule has 1 aromatic heterocycles. The number of methoxy groups -OCH3 is 1. The van der Waals surface area contributed by atoms with Gasteiger partial charge in [-0.3, -0.25) is 9.47 Å². The van der Waals surface area contributed by atoms with Gasteiger partial charge in [-0.2, -0.15) is 0 Å². The van der Waals surface area contributed by atoms with Crippen LogP contribution in [0.3, 0.4) is 0 Å². The fraction of sp³-hybridized carbons (Fsp3) is 0.619. The summed E-state index contributed by atoms with van der Waals surface area (Å²) in [5.74, 6) is 2.49. The molecule has 2 aliphatic rings. The van der Waals surface area contributed by atoms with Gasteiger partial charge < -0.3 is 9.47 Å². The summed E-state index contributed by atoms with van der Waals surface area (Å²) in [6.07, 6.45) is 4.69. The maximum atomic E-state index is 6.27. The molecule has 0 radical (unpaired) electrons. The highest BCUT2D eigenvalue weighted by atomic mass is 35.5. The van der Waals surface area contributed by atoms with Crippen molar-refractivity contribution in [2.45, 2.75) is 63.8 Å². The van der Waals surface area contributed by atoms with E-state index in [0.29, 0.717) is 18.6 Å².